The molecule has 0 radical (unpaired) electrons. The lowest BCUT2D eigenvalue weighted by molar-refractivity contribution is 0.0857. The molecular formula is C6H16N2O3. The fourth-order valence-electron chi connectivity index (χ4n) is 0.0500. The molecule has 0 spiro atoms. The third-order valence-electron chi connectivity index (χ3n) is 0.856. The summed E-state index contributed by atoms with van der Waals surface area (Å²) in [6.07, 6.45) is 0. The van der Waals surface area contributed by atoms with Gasteiger partial charge in [0.2, 0.25) is 0 Å². The molecular weight excluding hydrogens is 148 g/mol. The van der Waals surface area contributed by atoms with E-state index in [1.165, 1.54) is 0 Å². The Morgan fingerprint density at radius 1 is 1.27 bits per heavy atom. The maximum Gasteiger partial charge on any atom is 0.309 e. The lowest BCUT2D eigenvalue weighted by Gasteiger charge is -2.16. The van der Waals surface area contributed by atoms with Crippen LogP contribution < -0.4 is 11.5 Å². The van der Waals surface area contributed by atoms with Gasteiger partial charge in [0.15, 0.2) is 0 Å². The van der Waals surface area contributed by atoms with E-state index >= 15 is 0 Å². The van der Waals surface area contributed by atoms with Gasteiger partial charge in [0.25, 0.3) is 0 Å². The number of hydrogen-bond donors (Lipinski definition) is 4. The first-order chi connectivity index (χ1) is 4.85. The highest BCUT2D eigenvalue weighted by Crippen LogP contribution is 2.10. The maximum atomic E-state index is 9.00. The molecule has 0 aliphatic rings. The first-order valence-corrected chi connectivity index (χ1v) is 3.12. The van der Waals surface area contributed by atoms with Crippen LogP contribution >= 0.6 is 0 Å². The van der Waals surface area contributed by atoms with Gasteiger partial charge in [0.05, 0.1) is 13.2 Å². The summed E-state index contributed by atoms with van der Waals surface area (Å²) in [7, 11) is 0. The van der Waals surface area contributed by atoms with Crippen molar-refractivity contribution in [2.45, 2.75) is 13.8 Å². The van der Waals surface area contributed by atoms with E-state index in [-0.39, 0.29) is 18.6 Å². The van der Waals surface area contributed by atoms with Crippen molar-refractivity contribution in [1.29, 1.82) is 0 Å². The number of aliphatic hydroxyl groups is 2. The van der Waals surface area contributed by atoms with Gasteiger partial charge < -0.3 is 21.7 Å². The Morgan fingerprint density at radius 3 is 1.45 bits per heavy atom. The molecule has 68 valence electrons. The SMILES string of the molecule is CC(C)(CO)CO.NC(N)=O. The summed E-state index contributed by atoms with van der Waals surface area (Å²) in [6, 6.07) is -0.833. The molecule has 0 saturated heterocycles. The minimum atomic E-state index is -0.833. The Kier molecular flexibility index (Phi) is 6.92. The highest BCUT2D eigenvalue weighted by atomic mass is 16.3. The molecule has 0 heterocycles. The molecule has 11 heavy (non-hydrogen) atoms. The van der Waals surface area contributed by atoms with Gasteiger partial charge in [0, 0.05) is 5.41 Å². The van der Waals surface area contributed by atoms with Crippen LogP contribution in [-0.2, 0) is 0 Å². The van der Waals surface area contributed by atoms with Crippen LogP contribution in [0, 0.1) is 5.41 Å². The van der Waals surface area contributed by atoms with Crippen molar-refractivity contribution >= 4 is 6.03 Å². The fraction of sp³-hybridized carbons (Fsp3) is 0.833. The smallest absolute Gasteiger partial charge is 0.309 e. The standard InChI is InChI=1S/C5H12O2.CH4N2O/c1-5(2,3-6)4-7;2-1(3)4/h6-7H,3-4H2,1-2H3;(H4,2,3,4). The van der Waals surface area contributed by atoms with E-state index in [2.05, 4.69) is 11.5 Å². The van der Waals surface area contributed by atoms with E-state index in [0.717, 1.165) is 0 Å². The number of rotatable bonds is 2. The Balaban J connectivity index is 0. The van der Waals surface area contributed by atoms with E-state index in [1.807, 2.05) is 0 Å². The number of amides is 2. The summed E-state index contributed by atoms with van der Waals surface area (Å²) < 4.78 is 0. The second kappa shape index (κ2) is 5.94. The number of hydrogen-bond acceptors (Lipinski definition) is 3. The van der Waals surface area contributed by atoms with E-state index in [4.69, 9.17) is 15.0 Å². The molecule has 6 N–H and O–H groups in total. The number of aliphatic hydroxyl groups excluding tert-OH is 2. The Morgan fingerprint density at radius 2 is 1.45 bits per heavy atom. The van der Waals surface area contributed by atoms with Crippen molar-refractivity contribution in [3.05, 3.63) is 0 Å². The highest BCUT2D eigenvalue weighted by molar-refractivity contribution is 5.69. The second-order valence-corrected chi connectivity index (χ2v) is 2.88. The lowest BCUT2D eigenvalue weighted by atomic mass is 9.97. The molecule has 0 aromatic carbocycles. The summed E-state index contributed by atoms with van der Waals surface area (Å²) >= 11 is 0. The summed E-state index contributed by atoms with van der Waals surface area (Å²) in [5, 5.41) is 16.9. The molecule has 0 aromatic rings. The van der Waals surface area contributed by atoms with Gasteiger partial charge in [-0.15, -0.1) is 0 Å². The van der Waals surface area contributed by atoms with Crippen LogP contribution in [0.15, 0.2) is 0 Å². The Labute approximate surface area is 66.0 Å². The zero-order valence-electron chi connectivity index (χ0n) is 6.87. The second-order valence-electron chi connectivity index (χ2n) is 2.88. The number of primary amides is 2. The average molecular weight is 164 g/mol. The monoisotopic (exact) mass is 164 g/mol. The summed E-state index contributed by atoms with van der Waals surface area (Å²) in [5.41, 5.74) is 8.19. The predicted molar refractivity (Wildman–Crippen MR) is 41.7 cm³/mol. The Bertz CT molecular complexity index is 104. The van der Waals surface area contributed by atoms with E-state index in [0.29, 0.717) is 0 Å². The largest absolute Gasteiger partial charge is 0.396 e. The van der Waals surface area contributed by atoms with Gasteiger partial charge in [0.1, 0.15) is 0 Å². The first-order valence-electron chi connectivity index (χ1n) is 3.12. The van der Waals surface area contributed by atoms with Crippen molar-refractivity contribution in [3.8, 4) is 0 Å². The molecule has 0 fully saturated rings. The van der Waals surface area contributed by atoms with Crippen LogP contribution in [0.1, 0.15) is 13.8 Å². The first kappa shape index (κ1) is 12.8. The van der Waals surface area contributed by atoms with E-state index < -0.39 is 6.03 Å². The topological polar surface area (TPSA) is 110 Å². The normalized spacial score (nSPS) is 9.82. The predicted octanol–water partition coefficient (Wildman–Crippen LogP) is -0.979. The minimum Gasteiger partial charge on any atom is -0.396 e. The van der Waals surface area contributed by atoms with Crippen molar-refractivity contribution < 1.29 is 15.0 Å². The van der Waals surface area contributed by atoms with Crippen molar-refractivity contribution in [2.24, 2.45) is 16.9 Å². The van der Waals surface area contributed by atoms with E-state index in [1.54, 1.807) is 13.8 Å². The molecule has 0 bridgehead atoms. The van der Waals surface area contributed by atoms with Crippen LogP contribution in [0.5, 0.6) is 0 Å². The third-order valence-corrected chi connectivity index (χ3v) is 0.856. The van der Waals surface area contributed by atoms with Crippen LogP contribution in [-0.4, -0.2) is 29.5 Å². The van der Waals surface area contributed by atoms with Crippen LogP contribution in [0.3, 0.4) is 0 Å². The van der Waals surface area contributed by atoms with Crippen LogP contribution in [0.2, 0.25) is 0 Å². The quantitative estimate of drug-likeness (QED) is 0.421. The fourth-order valence-corrected chi connectivity index (χ4v) is 0.0500. The number of urea groups is 1. The van der Waals surface area contributed by atoms with Gasteiger partial charge in [-0.2, -0.15) is 0 Å². The van der Waals surface area contributed by atoms with Crippen LogP contribution in [0.4, 0.5) is 4.79 Å². The molecule has 0 unspecified atom stereocenters. The molecule has 5 heteroatoms. The molecule has 0 aliphatic heterocycles. The third kappa shape index (κ3) is 17.6. The van der Waals surface area contributed by atoms with Crippen molar-refractivity contribution in [3.63, 3.8) is 0 Å². The summed E-state index contributed by atoms with van der Waals surface area (Å²) in [5.74, 6) is 0. The molecule has 0 aliphatic carbocycles. The van der Waals surface area contributed by atoms with Gasteiger partial charge >= 0.3 is 6.03 Å². The van der Waals surface area contributed by atoms with Gasteiger partial charge in [-0.05, 0) is 0 Å². The molecule has 0 saturated carbocycles. The number of nitrogens with two attached hydrogens (primary N) is 2. The number of carbonyl (C=O) groups is 1. The summed E-state index contributed by atoms with van der Waals surface area (Å²) in [4.78, 5) is 9.00. The van der Waals surface area contributed by atoms with Gasteiger partial charge in [-0.3, -0.25) is 0 Å². The average Bonchev–Trinajstić information content (AvgIpc) is 1.87. The van der Waals surface area contributed by atoms with E-state index in [9.17, 15) is 0 Å². The highest BCUT2D eigenvalue weighted by Gasteiger charge is 2.13. The minimum absolute atomic E-state index is 0.0451. The van der Waals surface area contributed by atoms with Gasteiger partial charge in [-0.25, -0.2) is 4.79 Å². The maximum absolute atomic E-state index is 9.00. The van der Waals surface area contributed by atoms with Crippen molar-refractivity contribution in [1.82, 2.24) is 0 Å². The molecule has 5 nitrogen and oxygen atoms in total. The van der Waals surface area contributed by atoms with Crippen molar-refractivity contribution in [2.75, 3.05) is 13.2 Å². The molecule has 0 atom stereocenters. The molecule has 0 aromatic heterocycles. The molecule has 0 rings (SSSR count). The zero-order valence-corrected chi connectivity index (χ0v) is 6.87. The van der Waals surface area contributed by atoms with Crippen LogP contribution in [0.25, 0.3) is 0 Å². The van der Waals surface area contributed by atoms with Gasteiger partial charge in [-0.1, -0.05) is 13.8 Å². The lowest BCUT2D eigenvalue weighted by Crippen LogP contribution is -2.20. The Hall–Kier alpha value is -0.810. The number of carbonyl (C=O) groups excluding carboxylic acids is 1. The zero-order chi connectivity index (χ0) is 9.49. The summed E-state index contributed by atoms with van der Waals surface area (Å²) in [6.45, 7) is 3.69. The molecule has 2 amide bonds.